The molecule has 1 saturated carbocycles. The fourth-order valence-electron chi connectivity index (χ4n) is 4.70. The number of para-hydroxylation sites is 1. The average Bonchev–Trinajstić information content (AvgIpc) is 2.71. The molecule has 1 spiro atoms. The van der Waals surface area contributed by atoms with Crippen LogP contribution in [0.5, 0.6) is 0 Å². The third-order valence-electron chi connectivity index (χ3n) is 5.35. The van der Waals surface area contributed by atoms with Crippen LogP contribution in [0.1, 0.15) is 45.6 Å². The second-order valence-electron chi connectivity index (χ2n) is 8.62. The molecule has 4 amide bonds. The molecule has 1 aromatic rings. The third-order valence-corrected chi connectivity index (χ3v) is 5.35. The summed E-state index contributed by atoms with van der Waals surface area (Å²) >= 11 is 0. The topological polar surface area (TPSA) is 78.5 Å². The number of anilines is 1. The van der Waals surface area contributed by atoms with Crippen molar-refractivity contribution >= 4 is 23.5 Å². The molecule has 6 heteroatoms. The molecule has 1 heterocycles. The number of benzene rings is 1. The standard InChI is InChI=1S/C20H27N3O3/c1-13-9-19(3,4)12-20(10-13)17(25)23(18(26)22-20)11-16(24)21-15-8-6-5-7-14(15)2/h5-8,13H,9-12H2,1-4H3,(H,21,24)(H,22,26)/t13-,20-/m0/s1. The van der Waals surface area contributed by atoms with Crippen LogP contribution in [-0.2, 0) is 9.59 Å². The van der Waals surface area contributed by atoms with Gasteiger partial charge in [-0.3, -0.25) is 14.5 Å². The SMILES string of the molecule is Cc1ccccc1NC(=O)CN1C(=O)N[C@]2(C[C@@H](C)CC(C)(C)C2)C1=O. The molecule has 1 aromatic carbocycles. The van der Waals surface area contributed by atoms with Gasteiger partial charge in [0.2, 0.25) is 5.91 Å². The van der Waals surface area contributed by atoms with Gasteiger partial charge in [-0.1, -0.05) is 39.0 Å². The van der Waals surface area contributed by atoms with Gasteiger partial charge in [0.05, 0.1) is 0 Å². The zero-order valence-corrected chi connectivity index (χ0v) is 15.9. The Hall–Kier alpha value is -2.37. The van der Waals surface area contributed by atoms with Crippen LogP contribution in [0.3, 0.4) is 0 Å². The van der Waals surface area contributed by atoms with Crippen molar-refractivity contribution in [3.63, 3.8) is 0 Å². The minimum absolute atomic E-state index is 0.0278. The van der Waals surface area contributed by atoms with E-state index in [4.69, 9.17) is 0 Å². The van der Waals surface area contributed by atoms with E-state index in [9.17, 15) is 14.4 Å². The summed E-state index contributed by atoms with van der Waals surface area (Å²) in [6.45, 7) is 7.98. The van der Waals surface area contributed by atoms with Crippen LogP contribution in [-0.4, -0.2) is 34.8 Å². The zero-order valence-electron chi connectivity index (χ0n) is 15.9. The number of imide groups is 1. The van der Waals surface area contributed by atoms with Gasteiger partial charge < -0.3 is 10.6 Å². The van der Waals surface area contributed by atoms with Gasteiger partial charge in [-0.25, -0.2) is 4.79 Å². The van der Waals surface area contributed by atoms with Crippen molar-refractivity contribution < 1.29 is 14.4 Å². The fourth-order valence-corrected chi connectivity index (χ4v) is 4.70. The summed E-state index contributed by atoms with van der Waals surface area (Å²) in [7, 11) is 0. The predicted octanol–water partition coefficient (Wildman–Crippen LogP) is 3.07. The molecule has 1 aliphatic carbocycles. The Morgan fingerprint density at radius 2 is 1.96 bits per heavy atom. The molecular formula is C20H27N3O3. The quantitative estimate of drug-likeness (QED) is 0.816. The first-order valence-corrected chi connectivity index (χ1v) is 9.11. The van der Waals surface area contributed by atoms with Gasteiger partial charge in [-0.05, 0) is 49.1 Å². The van der Waals surface area contributed by atoms with Gasteiger partial charge in [0, 0.05) is 5.69 Å². The monoisotopic (exact) mass is 357 g/mol. The maximum Gasteiger partial charge on any atom is 0.325 e. The number of carbonyl (C=O) groups is 3. The van der Waals surface area contributed by atoms with E-state index in [1.807, 2.05) is 25.1 Å². The van der Waals surface area contributed by atoms with E-state index in [1.165, 1.54) is 0 Å². The number of amides is 4. The van der Waals surface area contributed by atoms with Gasteiger partial charge in [-0.2, -0.15) is 0 Å². The van der Waals surface area contributed by atoms with Crippen LogP contribution in [0.2, 0.25) is 0 Å². The molecule has 2 atom stereocenters. The third kappa shape index (κ3) is 3.45. The van der Waals surface area contributed by atoms with E-state index in [0.29, 0.717) is 24.4 Å². The molecule has 0 bridgehead atoms. The van der Waals surface area contributed by atoms with Gasteiger partial charge in [0.15, 0.2) is 0 Å². The van der Waals surface area contributed by atoms with Gasteiger partial charge in [0.25, 0.3) is 5.91 Å². The number of carbonyl (C=O) groups excluding carboxylic acids is 3. The van der Waals surface area contributed by atoms with Crippen molar-refractivity contribution in [3.8, 4) is 0 Å². The van der Waals surface area contributed by atoms with E-state index >= 15 is 0 Å². The predicted molar refractivity (Wildman–Crippen MR) is 99.6 cm³/mol. The van der Waals surface area contributed by atoms with E-state index < -0.39 is 11.6 Å². The van der Waals surface area contributed by atoms with Crippen LogP contribution in [0, 0.1) is 18.3 Å². The Kier molecular flexibility index (Phi) is 4.54. The molecule has 1 aliphatic heterocycles. The molecule has 26 heavy (non-hydrogen) atoms. The van der Waals surface area contributed by atoms with Crippen LogP contribution in [0.15, 0.2) is 24.3 Å². The van der Waals surface area contributed by atoms with Crippen LogP contribution in [0.25, 0.3) is 0 Å². The summed E-state index contributed by atoms with van der Waals surface area (Å²) in [5.41, 5.74) is 0.713. The molecular weight excluding hydrogens is 330 g/mol. The Morgan fingerprint density at radius 3 is 2.62 bits per heavy atom. The molecule has 0 aromatic heterocycles. The number of hydrogen-bond donors (Lipinski definition) is 2. The van der Waals surface area contributed by atoms with E-state index in [1.54, 1.807) is 6.07 Å². The minimum Gasteiger partial charge on any atom is -0.324 e. The number of urea groups is 1. The number of hydrogen-bond acceptors (Lipinski definition) is 3. The first-order valence-electron chi connectivity index (χ1n) is 9.11. The second-order valence-corrected chi connectivity index (χ2v) is 8.62. The molecule has 2 N–H and O–H groups in total. The van der Waals surface area contributed by atoms with Crippen molar-refractivity contribution in [1.82, 2.24) is 10.2 Å². The summed E-state index contributed by atoms with van der Waals surface area (Å²) < 4.78 is 0. The second kappa shape index (κ2) is 6.41. The lowest BCUT2D eigenvalue weighted by molar-refractivity contribution is -0.136. The Balaban J connectivity index is 1.73. The highest BCUT2D eigenvalue weighted by atomic mass is 16.2. The highest BCUT2D eigenvalue weighted by Gasteiger charge is 2.56. The highest BCUT2D eigenvalue weighted by molar-refractivity contribution is 6.10. The lowest BCUT2D eigenvalue weighted by atomic mass is 9.64. The molecule has 140 valence electrons. The normalized spacial score (nSPS) is 27.5. The van der Waals surface area contributed by atoms with Gasteiger partial charge in [0.1, 0.15) is 12.1 Å². The van der Waals surface area contributed by atoms with Crippen molar-refractivity contribution in [2.75, 3.05) is 11.9 Å². The van der Waals surface area contributed by atoms with Crippen LogP contribution >= 0.6 is 0 Å². The van der Waals surface area contributed by atoms with Crippen molar-refractivity contribution in [3.05, 3.63) is 29.8 Å². The molecule has 3 rings (SSSR count). The van der Waals surface area contributed by atoms with Gasteiger partial charge in [-0.15, -0.1) is 0 Å². The van der Waals surface area contributed by atoms with Gasteiger partial charge >= 0.3 is 6.03 Å². The van der Waals surface area contributed by atoms with Crippen molar-refractivity contribution in [1.29, 1.82) is 0 Å². The summed E-state index contributed by atoms with van der Waals surface area (Å²) in [4.78, 5) is 38.9. The lowest BCUT2D eigenvalue weighted by Gasteiger charge is -2.43. The summed E-state index contributed by atoms with van der Waals surface area (Å²) in [5, 5.41) is 5.67. The summed E-state index contributed by atoms with van der Waals surface area (Å²) in [6.07, 6.45) is 2.24. The maximum absolute atomic E-state index is 13.0. The molecule has 2 aliphatic rings. The number of nitrogens with one attached hydrogen (secondary N) is 2. The molecule has 2 fully saturated rings. The zero-order chi connectivity index (χ0) is 19.1. The number of aryl methyl sites for hydroxylation is 1. The molecule has 0 radical (unpaired) electrons. The Labute approximate surface area is 154 Å². The van der Waals surface area contributed by atoms with E-state index in [0.717, 1.165) is 16.9 Å². The summed E-state index contributed by atoms with van der Waals surface area (Å²) in [6, 6.07) is 6.94. The smallest absolute Gasteiger partial charge is 0.324 e. The maximum atomic E-state index is 13.0. The molecule has 1 saturated heterocycles. The summed E-state index contributed by atoms with van der Waals surface area (Å²) in [5.74, 6) is -0.311. The van der Waals surface area contributed by atoms with Crippen molar-refractivity contribution in [2.24, 2.45) is 11.3 Å². The van der Waals surface area contributed by atoms with Crippen molar-refractivity contribution in [2.45, 2.75) is 52.5 Å². The first kappa shape index (κ1) is 18.4. The average molecular weight is 357 g/mol. The fraction of sp³-hybridized carbons (Fsp3) is 0.550. The van der Waals surface area contributed by atoms with Crippen LogP contribution < -0.4 is 10.6 Å². The molecule has 6 nitrogen and oxygen atoms in total. The lowest BCUT2D eigenvalue weighted by Crippen LogP contribution is -2.54. The number of nitrogens with zero attached hydrogens (tertiary/aromatic N) is 1. The molecule has 0 unspecified atom stereocenters. The largest absolute Gasteiger partial charge is 0.325 e. The van der Waals surface area contributed by atoms with E-state index in [2.05, 4.69) is 31.4 Å². The first-order chi connectivity index (χ1) is 12.1. The Morgan fingerprint density at radius 1 is 1.27 bits per heavy atom. The number of rotatable bonds is 3. The minimum atomic E-state index is -0.874. The highest BCUT2D eigenvalue weighted by Crippen LogP contribution is 2.46. The Bertz CT molecular complexity index is 758. The van der Waals surface area contributed by atoms with Crippen LogP contribution in [0.4, 0.5) is 10.5 Å². The van der Waals surface area contributed by atoms with E-state index in [-0.39, 0.29) is 23.8 Å².